The van der Waals surface area contributed by atoms with E-state index in [0.717, 1.165) is 16.3 Å². The zero-order valence-electron chi connectivity index (χ0n) is 13.8. The smallest absolute Gasteiger partial charge is 0.347 e. The number of nitriles is 1. The molecule has 0 radical (unpaired) electrons. The minimum absolute atomic E-state index is 0.196. The van der Waals surface area contributed by atoms with Crippen molar-refractivity contribution in [1.29, 1.82) is 5.26 Å². The number of fused-ring (bicyclic) bond motifs is 1. The van der Waals surface area contributed by atoms with E-state index in [-0.39, 0.29) is 6.61 Å². The Morgan fingerprint density at radius 3 is 2.52 bits per heavy atom. The molecule has 4 heteroatoms. The van der Waals surface area contributed by atoms with Crippen molar-refractivity contribution < 1.29 is 14.3 Å². The molecule has 0 saturated heterocycles. The summed E-state index contributed by atoms with van der Waals surface area (Å²) in [7, 11) is 0. The van der Waals surface area contributed by atoms with Gasteiger partial charge in [0.1, 0.15) is 12.4 Å². The second-order valence-corrected chi connectivity index (χ2v) is 5.64. The largest absolute Gasteiger partial charge is 0.479 e. The molecule has 0 aliphatic carbocycles. The van der Waals surface area contributed by atoms with Crippen molar-refractivity contribution in [1.82, 2.24) is 0 Å². The van der Waals surface area contributed by atoms with Crippen molar-refractivity contribution >= 4 is 16.7 Å². The predicted molar refractivity (Wildman–Crippen MR) is 95.0 cm³/mol. The highest BCUT2D eigenvalue weighted by molar-refractivity contribution is 5.85. The number of esters is 1. The third-order valence-electron chi connectivity index (χ3n) is 3.88. The molecule has 0 bridgehead atoms. The van der Waals surface area contributed by atoms with Crippen LogP contribution >= 0.6 is 0 Å². The standard InChI is InChI=1S/C21H17NO3/c1-15(25-19-11-9-16(13-22)10-12-19)21(23)24-14-18-7-4-6-17-5-2-3-8-20(17)18/h2-12,15H,14H2,1H3/t15-/m0/s1. The lowest BCUT2D eigenvalue weighted by molar-refractivity contribution is -0.152. The number of benzene rings is 3. The SMILES string of the molecule is C[C@H](Oc1ccc(C#N)cc1)C(=O)OCc1cccc2ccccc12. The molecular formula is C21H17NO3. The third kappa shape index (κ3) is 3.96. The molecule has 25 heavy (non-hydrogen) atoms. The van der Waals surface area contributed by atoms with Crippen LogP contribution in [0.3, 0.4) is 0 Å². The van der Waals surface area contributed by atoms with Crippen LogP contribution in [-0.2, 0) is 16.1 Å². The Labute approximate surface area is 146 Å². The molecule has 0 N–H and O–H groups in total. The first kappa shape index (κ1) is 16.5. The maximum absolute atomic E-state index is 12.2. The van der Waals surface area contributed by atoms with E-state index in [2.05, 4.69) is 0 Å². The van der Waals surface area contributed by atoms with Crippen molar-refractivity contribution in [2.24, 2.45) is 0 Å². The number of carbonyl (C=O) groups is 1. The summed E-state index contributed by atoms with van der Waals surface area (Å²) < 4.78 is 11.0. The Balaban J connectivity index is 1.62. The van der Waals surface area contributed by atoms with E-state index in [1.54, 1.807) is 31.2 Å². The molecule has 4 nitrogen and oxygen atoms in total. The number of nitrogens with zero attached hydrogens (tertiary/aromatic N) is 1. The Morgan fingerprint density at radius 1 is 1.04 bits per heavy atom. The molecule has 124 valence electrons. The Kier molecular flexibility index (Phi) is 4.96. The lowest BCUT2D eigenvalue weighted by atomic mass is 10.1. The number of rotatable bonds is 5. The van der Waals surface area contributed by atoms with Crippen LogP contribution in [-0.4, -0.2) is 12.1 Å². The van der Waals surface area contributed by atoms with E-state index in [9.17, 15) is 4.79 Å². The summed E-state index contributed by atoms with van der Waals surface area (Å²) in [5.41, 5.74) is 1.50. The van der Waals surface area contributed by atoms with Crippen LogP contribution < -0.4 is 4.74 Å². The number of hydrogen-bond acceptors (Lipinski definition) is 4. The summed E-state index contributed by atoms with van der Waals surface area (Å²) in [5, 5.41) is 11.0. The fourth-order valence-corrected chi connectivity index (χ4v) is 2.54. The fraction of sp³-hybridized carbons (Fsp3) is 0.143. The Morgan fingerprint density at radius 2 is 1.76 bits per heavy atom. The second kappa shape index (κ2) is 7.50. The molecule has 0 heterocycles. The summed E-state index contributed by atoms with van der Waals surface area (Å²) in [6.45, 7) is 1.84. The van der Waals surface area contributed by atoms with Gasteiger partial charge < -0.3 is 9.47 Å². The number of carbonyl (C=O) groups excluding carboxylic acids is 1. The zero-order chi connectivity index (χ0) is 17.6. The van der Waals surface area contributed by atoms with Gasteiger partial charge in [-0.05, 0) is 47.5 Å². The quantitative estimate of drug-likeness (QED) is 0.657. The normalized spacial score (nSPS) is 11.5. The van der Waals surface area contributed by atoms with Crippen LogP contribution in [0.15, 0.2) is 66.7 Å². The first-order chi connectivity index (χ1) is 12.2. The van der Waals surface area contributed by atoms with Crippen LogP contribution in [0.4, 0.5) is 0 Å². The minimum Gasteiger partial charge on any atom is -0.479 e. The summed E-state index contributed by atoms with van der Waals surface area (Å²) in [5.74, 6) is 0.0888. The summed E-state index contributed by atoms with van der Waals surface area (Å²) in [4.78, 5) is 12.2. The number of ether oxygens (including phenoxy) is 2. The van der Waals surface area contributed by atoms with E-state index < -0.39 is 12.1 Å². The van der Waals surface area contributed by atoms with Gasteiger partial charge in [0.2, 0.25) is 0 Å². The van der Waals surface area contributed by atoms with Gasteiger partial charge in [-0.3, -0.25) is 0 Å². The van der Waals surface area contributed by atoms with Gasteiger partial charge in [0.15, 0.2) is 6.10 Å². The van der Waals surface area contributed by atoms with Gasteiger partial charge in [-0.15, -0.1) is 0 Å². The summed E-state index contributed by atoms with van der Waals surface area (Å²) >= 11 is 0. The average molecular weight is 331 g/mol. The van der Waals surface area contributed by atoms with Crippen LogP contribution in [0, 0.1) is 11.3 Å². The molecular weight excluding hydrogens is 314 g/mol. The lowest BCUT2D eigenvalue weighted by Gasteiger charge is -2.14. The topological polar surface area (TPSA) is 59.3 Å². The molecule has 3 aromatic carbocycles. The van der Waals surface area contributed by atoms with Crippen molar-refractivity contribution in [2.45, 2.75) is 19.6 Å². The summed E-state index contributed by atoms with van der Waals surface area (Å²) in [6, 6.07) is 22.5. The molecule has 0 unspecified atom stereocenters. The molecule has 3 rings (SSSR count). The van der Waals surface area contributed by atoms with Crippen LogP contribution in [0.2, 0.25) is 0 Å². The van der Waals surface area contributed by atoms with Crippen LogP contribution in [0.25, 0.3) is 10.8 Å². The first-order valence-corrected chi connectivity index (χ1v) is 7.97. The third-order valence-corrected chi connectivity index (χ3v) is 3.88. The van der Waals surface area contributed by atoms with E-state index in [1.165, 1.54) is 0 Å². The predicted octanol–water partition coefficient (Wildman–Crippen LogP) is 4.22. The maximum atomic E-state index is 12.2. The van der Waals surface area contributed by atoms with Gasteiger partial charge in [0.05, 0.1) is 11.6 Å². The van der Waals surface area contributed by atoms with Gasteiger partial charge in [0, 0.05) is 0 Å². The Bertz CT molecular complexity index is 921. The van der Waals surface area contributed by atoms with E-state index in [1.807, 2.05) is 48.5 Å². The highest BCUT2D eigenvalue weighted by Crippen LogP contribution is 2.20. The van der Waals surface area contributed by atoms with Crippen LogP contribution in [0.1, 0.15) is 18.1 Å². The highest BCUT2D eigenvalue weighted by atomic mass is 16.6. The molecule has 0 amide bonds. The monoisotopic (exact) mass is 331 g/mol. The van der Waals surface area contributed by atoms with Crippen molar-refractivity contribution in [3.63, 3.8) is 0 Å². The lowest BCUT2D eigenvalue weighted by Crippen LogP contribution is -2.26. The fourth-order valence-electron chi connectivity index (χ4n) is 2.54. The second-order valence-electron chi connectivity index (χ2n) is 5.64. The zero-order valence-corrected chi connectivity index (χ0v) is 13.8. The summed E-state index contributed by atoms with van der Waals surface area (Å²) in [6.07, 6.45) is -0.733. The highest BCUT2D eigenvalue weighted by Gasteiger charge is 2.17. The maximum Gasteiger partial charge on any atom is 0.347 e. The van der Waals surface area contributed by atoms with Gasteiger partial charge in [-0.2, -0.15) is 5.26 Å². The number of hydrogen-bond donors (Lipinski definition) is 0. The van der Waals surface area contributed by atoms with E-state index in [0.29, 0.717) is 11.3 Å². The molecule has 0 aliphatic rings. The van der Waals surface area contributed by atoms with Gasteiger partial charge in [0.25, 0.3) is 0 Å². The molecule has 0 spiro atoms. The van der Waals surface area contributed by atoms with E-state index >= 15 is 0 Å². The minimum atomic E-state index is -0.733. The van der Waals surface area contributed by atoms with Crippen molar-refractivity contribution in [3.05, 3.63) is 77.9 Å². The molecule has 0 aliphatic heterocycles. The molecule has 3 aromatic rings. The average Bonchev–Trinajstić information content (AvgIpc) is 2.66. The van der Waals surface area contributed by atoms with Gasteiger partial charge in [-0.1, -0.05) is 42.5 Å². The molecule has 0 saturated carbocycles. The molecule has 0 fully saturated rings. The van der Waals surface area contributed by atoms with E-state index in [4.69, 9.17) is 14.7 Å². The molecule has 0 aromatic heterocycles. The first-order valence-electron chi connectivity index (χ1n) is 7.97. The van der Waals surface area contributed by atoms with Gasteiger partial charge in [-0.25, -0.2) is 4.79 Å². The van der Waals surface area contributed by atoms with Crippen molar-refractivity contribution in [3.8, 4) is 11.8 Å². The molecule has 1 atom stereocenters. The van der Waals surface area contributed by atoms with Crippen molar-refractivity contribution in [2.75, 3.05) is 0 Å². The van der Waals surface area contributed by atoms with Crippen LogP contribution in [0.5, 0.6) is 5.75 Å². The Hall–Kier alpha value is -3.32. The van der Waals surface area contributed by atoms with Gasteiger partial charge >= 0.3 is 5.97 Å².